The van der Waals surface area contributed by atoms with Gasteiger partial charge in [0.1, 0.15) is 0 Å². The second-order valence-corrected chi connectivity index (χ2v) is 7.75. The topological polar surface area (TPSA) is 48.9 Å². The molecule has 0 spiro atoms. The first-order valence-corrected chi connectivity index (χ1v) is 9.31. The zero-order chi connectivity index (χ0) is 17.6. The van der Waals surface area contributed by atoms with E-state index >= 15 is 0 Å². The molecule has 0 unspecified atom stereocenters. The highest BCUT2D eigenvalue weighted by Crippen LogP contribution is 2.21. The molecule has 2 rings (SSSR count). The number of benzene rings is 1. The summed E-state index contributed by atoms with van der Waals surface area (Å²) in [6, 6.07) is 5.89. The van der Waals surface area contributed by atoms with E-state index in [4.69, 9.17) is 16.3 Å². The average molecular weight is 418 g/mol. The fraction of sp³-hybridized carbons (Fsp3) is 0.588. The first-order chi connectivity index (χ1) is 11.4. The molecule has 1 aliphatic heterocycles. The Kier molecular flexibility index (Phi) is 7.34. The van der Waals surface area contributed by atoms with Gasteiger partial charge in [-0.15, -0.1) is 0 Å². The van der Waals surface area contributed by atoms with Gasteiger partial charge in [0.05, 0.1) is 13.2 Å². The minimum Gasteiger partial charge on any atom is -0.379 e. The van der Waals surface area contributed by atoms with Crippen LogP contribution in [-0.2, 0) is 11.3 Å². The van der Waals surface area contributed by atoms with Gasteiger partial charge in [0.25, 0.3) is 0 Å². The smallest absolute Gasteiger partial charge is 0.191 e. The van der Waals surface area contributed by atoms with Crippen LogP contribution in [-0.4, -0.2) is 56.3 Å². The Labute approximate surface area is 157 Å². The van der Waals surface area contributed by atoms with Crippen LogP contribution in [0.15, 0.2) is 27.7 Å². The molecule has 0 bridgehead atoms. The van der Waals surface area contributed by atoms with Gasteiger partial charge in [-0.3, -0.25) is 9.89 Å². The van der Waals surface area contributed by atoms with Crippen molar-refractivity contribution in [2.45, 2.75) is 25.9 Å². The zero-order valence-electron chi connectivity index (χ0n) is 14.5. The fourth-order valence-electron chi connectivity index (χ4n) is 2.65. The van der Waals surface area contributed by atoms with E-state index in [9.17, 15) is 0 Å². The quantitative estimate of drug-likeness (QED) is 0.571. The van der Waals surface area contributed by atoms with Crippen LogP contribution in [0.5, 0.6) is 0 Å². The summed E-state index contributed by atoms with van der Waals surface area (Å²) in [7, 11) is 1.78. The van der Waals surface area contributed by atoms with E-state index < -0.39 is 0 Å². The van der Waals surface area contributed by atoms with E-state index in [1.807, 2.05) is 18.2 Å². The molecular weight excluding hydrogens is 392 g/mol. The summed E-state index contributed by atoms with van der Waals surface area (Å²) >= 11 is 9.68. The van der Waals surface area contributed by atoms with Crippen LogP contribution in [0, 0.1) is 0 Å². The lowest BCUT2D eigenvalue weighted by Gasteiger charge is -2.41. The molecule has 0 radical (unpaired) electrons. The Hall–Kier alpha value is -0.820. The van der Waals surface area contributed by atoms with Crippen molar-refractivity contribution in [2.75, 3.05) is 39.9 Å². The normalized spacial score (nSPS) is 17.0. The molecule has 24 heavy (non-hydrogen) atoms. The second-order valence-electron chi connectivity index (χ2n) is 6.43. The van der Waals surface area contributed by atoms with Crippen molar-refractivity contribution in [3.8, 4) is 0 Å². The monoisotopic (exact) mass is 416 g/mol. The summed E-state index contributed by atoms with van der Waals surface area (Å²) in [6.45, 7) is 9.46. The number of morpholine rings is 1. The van der Waals surface area contributed by atoms with E-state index in [1.54, 1.807) is 7.05 Å². The summed E-state index contributed by atoms with van der Waals surface area (Å²) < 4.78 is 6.41. The van der Waals surface area contributed by atoms with E-state index in [1.165, 1.54) is 0 Å². The summed E-state index contributed by atoms with van der Waals surface area (Å²) in [6.07, 6.45) is 0. The summed E-state index contributed by atoms with van der Waals surface area (Å²) in [4.78, 5) is 6.74. The van der Waals surface area contributed by atoms with E-state index in [-0.39, 0.29) is 5.54 Å². The third-order valence-corrected chi connectivity index (χ3v) is 5.09. The summed E-state index contributed by atoms with van der Waals surface area (Å²) in [5.74, 6) is 0.773. The standard InChI is InChI=1S/C17H26BrClN4O/c1-17(2,23-6-8-24-9-7-23)12-22-16(20-3)21-11-13-4-5-14(18)10-15(13)19/h4-5,10H,6-9,11-12H2,1-3H3,(H2,20,21,22). The molecule has 1 saturated heterocycles. The van der Waals surface area contributed by atoms with E-state index in [0.29, 0.717) is 6.54 Å². The highest BCUT2D eigenvalue weighted by Gasteiger charge is 2.28. The molecule has 0 saturated carbocycles. The Morgan fingerprint density at radius 2 is 2.04 bits per heavy atom. The highest BCUT2D eigenvalue weighted by atomic mass is 79.9. The first-order valence-electron chi connectivity index (χ1n) is 8.13. The van der Waals surface area contributed by atoms with Gasteiger partial charge in [0, 0.05) is 48.3 Å². The van der Waals surface area contributed by atoms with Gasteiger partial charge in [0.15, 0.2) is 5.96 Å². The van der Waals surface area contributed by atoms with Gasteiger partial charge in [-0.1, -0.05) is 33.6 Å². The number of aliphatic imine (C=N–C) groups is 1. The second kappa shape index (κ2) is 9.04. The van der Waals surface area contributed by atoms with Crippen LogP contribution >= 0.6 is 27.5 Å². The Bertz CT molecular complexity index is 574. The Morgan fingerprint density at radius 3 is 2.67 bits per heavy atom. The third-order valence-electron chi connectivity index (χ3n) is 4.24. The SMILES string of the molecule is CN=C(NCc1ccc(Br)cc1Cl)NCC(C)(C)N1CCOCC1. The minimum absolute atomic E-state index is 0.0383. The first kappa shape index (κ1) is 19.5. The number of nitrogens with zero attached hydrogens (tertiary/aromatic N) is 2. The highest BCUT2D eigenvalue weighted by molar-refractivity contribution is 9.10. The van der Waals surface area contributed by atoms with Crippen molar-refractivity contribution < 1.29 is 4.74 Å². The van der Waals surface area contributed by atoms with Crippen LogP contribution in [0.2, 0.25) is 5.02 Å². The van der Waals surface area contributed by atoms with E-state index in [2.05, 4.69) is 50.3 Å². The van der Waals surface area contributed by atoms with Gasteiger partial charge >= 0.3 is 0 Å². The summed E-state index contributed by atoms with van der Waals surface area (Å²) in [5, 5.41) is 7.47. The maximum Gasteiger partial charge on any atom is 0.191 e. The van der Waals surface area contributed by atoms with E-state index in [0.717, 1.165) is 53.9 Å². The van der Waals surface area contributed by atoms with Gasteiger partial charge in [-0.2, -0.15) is 0 Å². The Balaban J connectivity index is 1.85. The molecule has 0 atom stereocenters. The maximum absolute atomic E-state index is 6.26. The van der Waals surface area contributed by atoms with Crippen molar-refractivity contribution >= 4 is 33.5 Å². The molecular formula is C17H26BrClN4O. The van der Waals surface area contributed by atoms with Gasteiger partial charge < -0.3 is 15.4 Å². The van der Waals surface area contributed by atoms with Crippen LogP contribution < -0.4 is 10.6 Å². The Morgan fingerprint density at radius 1 is 1.33 bits per heavy atom. The van der Waals surface area contributed by atoms with Gasteiger partial charge in [0.2, 0.25) is 0 Å². The molecule has 5 nitrogen and oxygen atoms in total. The number of halogens is 2. The lowest BCUT2D eigenvalue weighted by atomic mass is 10.0. The summed E-state index contributed by atoms with van der Waals surface area (Å²) in [5.41, 5.74) is 1.08. The number of guanidine groups is 1. The lowest BCUT2D eigenvalue weighted by Crippen LogP contribution is -2.56. The van der Waals surface area contributed by atoms with Crippen molar-refractivity contribution in [2.24, 2.45) is 4.99 Å². The molecule has 1 fully saturated rings. The van der Waals surface area contributed by atoms with Crippen LogP contribution in [0.3, 0.4) is 0 Å². The zero-order valence-corrected chi connectivity index (χ0v) is 16.9. The van der Waals surface area contributed by atoms with Crippen molar-refractivity contribution in [1.29, 1.82) is 0 Å². The lowest BCUT2D eigenvalue weighted by molar-refractivity contribution is -0.00834. The predicted octanol–water partition coefficient (Wildman–Crippen LogP) is 2.88. The van der Waals surface area contributed by atoms with Crippen LogP contribution in [0.4, 0.5) is 0 Å². The third kappa shape index (κ3) is 5.62. The molecule has 2 N–H and O–H groups in total. The van der Waals surface area contributed by atoms with Crippen molar-refractivity contribution in [3.63, 3.8) is 0 Å². The number of rotatable bonds is 5. The molecule has 0 aromatic heterocycles. The molecule has 7 heteroatoms. The van der Waals surface area contributed by atoms with Crippen LogP contribution in [0.1, 0.15) is 19.4 Å². The molecule has 1 heterocycles. The molecule has 0 amide bonds. The number of ether oxygens (including phenoxy) is 1. The molecule has 134 valence electrons. The largest absolute Gasteiger partial charge is 0.379 e. The predicted molar refractivity (Wildman–Crippen MR) is 104 cm³/mol. The van der Waals surface area contributed by atoms with Gasteiger partial charge in [-0.25, -0.2) is 0 Å². The van der Waals surface area contributed by atoms with Crippen molar-refractivity contribution in [1.82, 2.24) is 15.5 Å². The molecule has 1 aromatic carbocycles. The van der Waals surface area contributed by atoms with Crippen LogP contribution in [0.25, 0.3) is 0 Å². The average Bonchev–Trinajstić information content (AvgIpc) is 2.57. The minimum atomic E-state index is 0.0383. The maximum atomic E-state index is 6.26. The van der Waals surface area contributed by atoms with Crippen molar-refractivity contribution in [3.05, 3.63) is 33.3 Å². The fourth-order valence-corrected chi connectivity index (χ4v) is 3.39. The number of nitrogens with one attached hydrogen (secondary N) is 2. The molecule has 1 aromatic rings. The van der Waals surface area contributed by atoms with Gasteiger partial charge in [-0.05, 0) is 31.5 Å². The molecule has 0 aliphatic carbocycles. The number of hydrogen-bond acceptors (Lipinski definition) is 3. The number of hydrogen-bond donors (Lipinski definition) is 2. The molecule has 1 aliphatic rings.